The minimum absolute atomic E-state index is 0.501. The van der Waals surface area contributed by atoms with Crippen LogP contribution in [0.2, 0.25) is 0 Å². The van der Waals surface area contributed by atoms with Crippen molar-refractivity contribution in [1.29, 1.82) is 0 Å². The monoisotopic (exact) mass is 367 g/mol. The van der Waals surface area contributed by atoms with Crippen LogP contribution in [-0.4, -0.2) is 49.5 Å². The highest BCUT2D eigenvalue weighted by atomic mass is 32.2. The summed E-state index contributed by atoms with van der Waals surface area (Å²) in [5, 5.41) is 8.34. The van der Waals surface area contributed by atoms with E-state index < -0.39 is 10.0 Å². The van der Waals surface area contributed by atoms with E-state index in [9.17, 15) is 8.42 Å². The molecule has 8 nitrogen and oxygen atoms in total. The minimum atomic E-state index is -3.31. The second-order valence-electron chi connectivity index (χ2n) is 5.14. The van der Waals surface area contributed by atoms with Crippen LogP contribution in [0.1, 0.15) is 0 Å². The summed E-state index contributed by atoms with van der Waals surface area (Å²) in [4.78, 5) is 5.30. The van der Waals surface area contributed by atoms with Crippen molar-refractivity contribution in [2.75, 3.05) is 36.6 Å². The van der Waals surface area contributed by atoms with E-state index in [0.717, 1.165) is 27.6 Å². The number of aromatic nitrogens is 3. The molecule has 10 heteroatoms. The molecule has 0 atom stereocenters. The Morgan fingerprint density at radius 3 is 2.92 bits per heavy atom. The molecule has 0 fully saturated rings. The molecule has 3 rings (SSSR count). The van der Waals surface area contributed by atoms with E-state index in [1.165, 1.54) is 11.3 Å². The summed E-state index contributed by atoms with van der Waals surface area (Å²) in [6, 6.07) is 7.09. The summed E-state index contributed by atoms with van der Waals surface area (Å²) >= 11 is 1.44. The number of hydrogen-bond donors (Lipinski definition) is 2. The Hall–Kier alpha value is -2.17. The fourth-order valence-electron chi connectivity index (χ4n) is 2.13. The molecule has 2 N–H and O–H groups in total. The maximum absolute atomic E-state index is 11.3. The van der Waals surface area contributed by atoms with E-state index in [0.29, 0.717) is 18.8 Å². The molecule has 0 aliphatic carbocycles. The Morgan fingerprint density at radius 2 is 2.21 bits per heavy atom. The normalized spacial score (nSPS) is 11.8. The van der Waals surface area contributed by atoms with Crippen molar-refractivity contribution in [3.8, 4) is 11.3 Å². The van der Waals surface area contributed by atoms with Crippen LogP contribution in [0.4, 0.5) is 10.8 Å². The number of rotatable bonds is 7. The Balaban J connectivity index is 1.82. The first kappa shape index (κ1) is 16.7. The van der Waals surface area contributed by atoms with Gasteiger partial charge in [-0.05, 0) is 12.1 Å². The van der Waals surface area contributed by atoms with Gasteiger partial charge in [-0.25, -0.2) is 17.9 Å². The van der Waals surface area contributed by atoms with Gasteiger partial charge in [-0.3, -0.25) is 4.72 Å². The lowest BCUT2D eigenvalue weighted by Crippen LogP contribution is -2.09. The molecule has 24 heavy (non-hydrogen) atoms. The van der Waals surface area contributed by atoms with Crippen molar-refractivity contribution in [3.05, 3.63) is 30.5 Å². The van der Waals surface area contributed by atoms with Crippen molar-refractivity contribution in [2.24, 2.45) is 0 Å². The Bertz CT molecular complexity index is 917. The zero-order valence-electron chi connectivity index (χ0n) is 13.2. The van der Waals surface area contributed by atoms with E-state index in [1.54, 1.807) is 29.8 Å². The lowest BCUT2D eigenvalue weighted by Gasteiger charge is -2.05. The van der Waals surface area contributed by atoms with Gasteiger partial charge in [0.15, 0.2) is 0 Å². The van der Waals surface area contributed by atoms with E-state index in [4.69, 9.17) is 4.74 Å². The quantitative estimate of drug-likeness (QED) is 0.619. The summed E-state index contributed by atoms with van der Waals surface area (Å²) < 4.78 is 31.8. The van der Waals surface area contributed by atoms with Crippen LogP contribution in [-0.2, 0) is 14.8 Å². The van der Waals surface area contributed by atoms with E-state index in [1.807, 2.05) is 12.3 Å². The molecule has 2 heterocycles. The predicted molar refractivity (Wildman–Crippen MR) is 95.1 cm³/mol. The molecule has 0 spiro atoms. The summed E-state index contributed by atoms with van der Waals surface area (Å²) in [7, 11) is -1.66. The number of anilines is 2. The van der Waals surface area contributed by atoms with Crippen LogP contribution in [0, 0.1) is 0 Å². The maximum atomic E-state index is 11.3. The third kappa shape index (κ3) is 4.02. The van der Waals surface area contributed by atoms with Gasteiger partial charge in [0.25, 0.3) is 0 Å². The first-order chi connectivity index (χ1) is 11.4. The number of fused-ring (bicyclic) bond motifs is 1. The lowest BCUT2D eigenvalue weighted by molar-refractivity contribution is 0.210. The second-order valence-corrected chi connectivity index (χ2v) is 7.84. The number of benzene rings is 1. The van der Waals surface area contributed by atoms with Crippen LogP contribution >= 0.6 is 11.3 Å². The molecule has 2 aromatic heterocycles. The number of nitrogens with one attached hydrogen (secondary N) is 2. The number of hydrogen-bond acceptors (Lipinski definition) is 7. The lowest BCUT2D eigenvalue weighted by atomic mass is 10.1. The van der Waals surface area contributed by atoms with Gasteiger partial charge in [-0.1, -0.05) is 23.5 Å². The van der Waals surface area contributed by atoms with E-state index in [2.05, 4.69) is 20.1 Å². The van der Waals surface area contributed by atoms with Crippen LogP contribution in [0.15, 0.2) is 30.5 Å². The van der Waals surface area contributed by atoms with Crippen LogP contribution in [0.3, 0.4) is 0 Å². The highest BCUT2D eigenvalue weighted by Gasteiger charge is 2.10. The standard InChI is InChI=1S/C14H17N5O3S2/c1-22-7-6-15-13-17-19-9-12(16-14(19)23-13)10-4-3-5-11(8-10)18-24(2,20)21/h3-5,8-9,18H,6-7H2,1-2H3,(H,15,17). The molecule has 128 valence electrons. The largest absolute Gasteiger partial charge is 0.383 e. The topological polar surface area (TPSA) is 97.6 Å². The first-order valence-corrected chi connectivity index (χ1v) is 9.83. The van der Waals surface area contributed by atoms with Crippen molar-refractivity contribution >= 4 is 37.1 Å². The highest BCUT2D eigenvalue weighted by Crippen LogP contribution is 2.26. The summed E-state index contributed by atoms with van der Waals surface area (Å²) in [5.74, 6) is 0. The van der Waals surface area contributed by atoms with Crippen molar-refractivity contribution in [1.82, 2.24) is 14.6 Å². The van der Waals surface area contributed by atoms with Crippen molar-refractivity contribution in [2.45, 2.75) is 0 Å². The Kier molecular flexibility index (Phi) is 4.69. The molecule has 0 bridgehead atoms. The molecule has 0 amide bonds. The SMILES string of the molecule is COCCNc1nn2cc(-c3cccc(NS(C)(=O)=O)c3)nc2s1. The number of nitrogens with zero attached hydrogens (tertiary/aromatic N) is 3. The van der Waals surface area contributed by atoms with E-state index >= 15 is 0 Å². The van der Waals surface area contributed by atoms with Gasteiger partial charge in [-0.2, -0.15) is 0 Å². The number of ether oxygens (including phenoxy) is 1. The summed E-state index contributed by atoms with van der Waals surface area (Å²) in [6.07, 6.45) is 2.93. The van der Waals surface area contributed by atoms with Gasteiger partial charge in [0, 0.05) is 24.9 Å². The Labute approximate surface area is 143 Å². The minimum Gasteiger partial charge on any atom is -0.383 e. The fraction of sp³-hybridized carbons (Fsp3) is 0.286. The van der Waals surface area contributed by atoms with Gasteiger partial charge in [0.1, 0.15) is 0 Å². The van der Waals surface area contributed by atoms with Gasteiger partial charge in [-0.15, -0.1) is 5.10 Å². The zero-order chi connectivity index (χ0) is 17.2. The number of sulfonamides is 1. The summed E-state index contributed by atoms with van der Waals surface area (Å²) in [5.41, 5.74) is 2.05. The highest BCUT2D eigenvalue weighted by molar-refractivity contribution is 7.92. The fourth-order valence-corrected chi connectivity index (χ4v) is 3.49. The van der Waals surface area contributed by atoms with Crippen molar-refractivity contribution < 1.29 is 13.2 Å². The number of methoxy groups -OCH3 is 1. The Morgan fingerprint density at radius 1 is 1.38 bits per heavy atom. The molecule has 0 radical (unpaired) electrons. The molecular weight excluding hydrogens is 350 g/mol. The predicted octanol–water partition coefficient (Wildman–Crippen LogP) is 1.89. The van der Waals surface area contributed by atoms with Gasteiger partial charge >= 0.3 is 0 Å². The average Bonchev–Trinajstić information content (AvgIpc) is 3.04. The smallest absolute Gasteiger partial charge is 0.229 e. The molecule has 1 aromatic carbocycles. The van der Waals surface area contributed by atoms with Crippen LogP contribution in [0.5, 0.6) is 0 Å². The summed E-state index contributed by atoms with van der Waals surface area (Å²) in [6.45, 7) is 1.28. The molecule has 3 aromatic rings. The number of imidazole rings is 1. The van der Waals surface area contributed by atoms with Gasteiger partial charge in [0.2, 0.25) is 20.1 Å². The average molecular weight is 367 g/mol. The molecule has 0 saturated heterocycles. The zero-order valence-corrected chi connectivity index (χ0v) is 14.8. The van der Waals surface area contributed by atoms with Crippen LogP contribution in [0.25, 0.3) is 16.2 Å². The molecule has 0 aliphatic rings. The first-order valence-electron chi connectivity index (χ1n) is 7.12. The molecular formula is C14H17N5O3S2. The second kappa shape index (κ2) is 6.75. The van der Waals surface area contributed by atoms with Crippen molar-refractivity contribution in [3.63, 3.8) is 0 Å². The third-order valence-electron chi connectivity index (χ3n) is 3.09. The third-order valence-corrected chi connectivity index (χ3v) is 4.57. The van der Waals surface area contributed by atoms with Gasteiger partial charge in [0.05, 0.1) is 24.8 Å². The maximum Gasteiger partial charge on any atom is 0.229 e. The molecule has 0 aliphatic heterocycles. The van der Waals surface area contributed by atoms with E-state index in [-0.39, 0.29) is 0 Å². The van der Waals surface area contributed by atoms with Crippen LogP contribution < -0.4 is 10.0 Å². The molecule has 0 saturated carbocycles. The van der Waals surface area contributed by atoms with Gasteiger partial charge < -0.3 is 10.1 Å². The molecule has 0 unspecified atom stereocenters.